The summed E-state index contributed by atoms with van der Waals surface area (Å²) in [7, 11) is 1.64. The van der Waals surface area contributed by atoms with Crippen LogP contribution in [0.25, 0.3) is 0 Å². The highest BCUT2D eigenvalue weighted by atomic mass is 35.5. The molecule has 144 valence electrons. The molecule has 1 aliphatic rings. The number of rotatable bonds is 7. The Morgan fingerprint density at radius 1 is 1.33 bits per heavy atom. The number of hydrogen-bond acceptors (Lipinski definition) is 5. The molecule has 8 heteroatoms. The highest BCUT2D eigenvalue weighted by Gasteiger charge is 2.30. The van der Waals surface area contributed by atoms with Crippen LogP contribution in [0.5, 0.6) is 0 Å². The number of anilines is 1. The van der Waals surface area contributed by atoms with Crippen molar-refractivity contribution in [2.45, 2.75) is 31.6 Å². The number of methoxy groups -OCH3 is 1. The largest absolute Gasteiger partial charge is 0.385 e. The van der Waals surface area contributed by atoms with Gasteiger partial charge < -0.3 is 10.1 Å². The number of carbonyl (C=O) groups is 2. The van der Waals surface area contributed by atoms with Crippen LogP contribution in [-0.2, 0) is 16.0 Å². The van der Waals surface area contributed by atoms with Gasteiger partial charge in [-0.3, -0.25) is 14.9 Å². The Kier molecular flexibility index (Phi) is 6.82. The molecule has 1 heterocycles. The SMILES string of the molecule is COCCCNC(=O)C1CCCc2sc(NC(=O)c3ccc(Cl)cc3)nc21. The van der Waals surface area contributed by atoms with Gasteiger partial charge in [0.25, 0.3) is 5.91 Å². The van der Waals surface area contributed by atoms with Gasteiger partial charge in [0.05, 0.1) is 11.6 Å². The maximum absolute atomic E-state index is 12.5. The first-order valence-corrected chi connectivity index (χ1v) is 10.1. The molecule has 0 fully saturated rings. The number of hydrogen-bond donors (Lipinski definition) is 2. The van der Waals surface area contributed by atoms with E-state index in [0.717, 1.165) is 36.3 Å². The number of fused-ring (bicyclic) bond motifs is 1. The number of nitrogens with one attached hydrogen (secondary N) is 2. The fraction of sp³-hybridized carbons (Fsp3) is 0.421. The lowest BCUT2D eigenvalue weighted by molar-refractivity contribution is -0.123. The van der Waals surface area contributed by atoms with E-state index in [-0.39, 0.29) is 17.7 Å². The third kappa shape index (κ3) is 5.06. The second kappa shape index (κ2) is 9.30. The molecule has 1 aromatic heterocycles. The number of carbonyl (C=O) groups excluding carboxylic acids is 2. The Labute approximate surface area is 167 Å². The lowest BCUT2D eigenvalue weighted by atomic mass is 9.90. The van der Waals surface area contributed by atoms with Crippen LogP contribution in [0.15, 0.2) is 24.3 Å². The molecular formula is C19H22ClN3O3S. The zero-order valence-corrected chi connectivity index (χ0v) is 16.7. The Hall–Kier alpha value is -1.96. The molecule has 6 nitrogen and oxygen atoms in total. The molecule has 0 aliphatic heterocycles. The quantitative estimate of drug-likeness (QED) is 0.687. The lowest BCUT2D eigenvalue weighted by Gasteiger charge is -2.20. The summed E-state index contributed by atoms with van der Waals surface area (Å²) in [6, 6.07) is 6.68. The molecular weight excluding hydrogens is 386 g/mol. The summed E-state index contributed by atoms with van der Waals surface area (Å²) in [5.41, 5.74) is 1.31. The van der Waals surface area contributed by atoms with E-state index in [1.54, 1.807) is 31.4 Å². The molecule has 1 atom stereocenters. The number of thiazole rings is 1. The fourth-order valence-corrected chi connectivity index (χ4v) is 4.23. The summed E-state index contributed by atoms with van der Waals surface area (Å²) in [5.74, 6) is -0.500. The maximum Gasteiger partial charge on any atom is 0.257 e. The number of aryl methyl sites for hydroxylation is 1. The number of halogens is 1. The smallest absolute Gasteiger partial charge is 0.257 e. The van der Waals surface area contributed by atoms with Crippen molar-refractivity contribution >= 4 is 39.9 Å². The number of ether oxygens (including phenoxy) is 1. The molecule has 1 unspecified atom stereocenters. The number of benzene rings is 1. The Bertz CT molecular complexity index is 807. The second-order valence-corrected chi connectivity index (χ2v) is 7.89. The number of nitrogens with zero attached hydrogens (tertiary/aromatic N) is 1. The third-order valence-electron chi connectivity index (χ3n) is 4.42. The average molecular weight is 408 g/mol. The van der Waals surface area contributed by atoms with Crippen LogP contribution >= 0.6 is 22.9 Å². The molecule has 2 N–H and O–H groups in total. The molecule has 0 saturated heterocycles. The first kappa shape index (κ1) is 19.8. The minimum atomic E-state index is -0.256. The van der Waals surface area contributed by atoms with Gasteiger partial charge in [0.1, 0.15) is 0 Å². The number of aromatic nitrogens is 1. The monoisotopic (exact) mass is 407 g/mol. The van der Waals surface area contributed by atoms with E-state index in [1.807, 2.05) is 0 Å². The van der Waals surface area contributed by atoms with Crippen molar-refractivity contribution in [2.75, 3.05) is 25.6 Å². The summed E-state index contributed by atoms with van der Waals surface area (Å²) in [4.78, 5) is 30.5. The van der Waals surface area contributed by atoms with E-state index in [9.17, 15) is 9.59 Å². The molecule has 1 aliphatic carbocycles. The van der Waals surface area contributed by atoms with Gasteiger partial charge in [0, 0.05) is 35.7 Å². The van der Waals surface area contributed by atoms with Crippen molar-refractivity contribution in [3.8, 4) is 0 Å². The third-order valence-corrected chi connectivity index (χ3v) is 5.72. The lowest BCUT2D eigenvalue weighted by Crippen LogP contribution is -2.32. The van der Waals surface area contributed by atoms with Crippen LogP contribution in [0.1, 0.15) is 46.1 Å². The Morgan fingerprint density at radius 2 is 2.11 bits per heavy atom. The van der Waals surface area contributed by atoms with E-state index in [2.05, 4.69) is 15.6 Å². The van der Waals surface area contributed by atoms with Crippen LogP contribution in [0.4, 0.5) is 5.13 Å². The van der Waals surface area contributed by atoms with Gasteiger partial charge in [0.15, 0.2) is 5.13 Å². The normalized spacial score (nSPS) is 15.9. The molecule has 0 radical (unpaired) electrons. The Balaban J connectivity index is 1.67. The zero-order chi connectivity index (χ0) is 19.2. The minimum absolute atomic E-state index is 0.00655. The molecule has 0 spiro atoms. The van der Waals surface area contributed by atoms with E-state index in [4.69, 9.17) is 16.3 Å². The van der Waals surface area contributed by atoms with Crippen LogP contribution in [-0.4, -0.2) is 37.1 Å². The number of amides is 2. The molecule has 27 heavy (non-hydrogen) atoms. The zero-order valence-electron chi connectivity index (χ0n) is 15.1. The van der Waals surface area contributed by atoms with Crippen molar-refractivity contribution in [3.63, 3.8) is 0 Å². The molecule has 3 rings (SSSR count). The van der Waals surface area contributed by atoms with Gasteiger partial charge in [-0.05, 0) is 49.9 Å². The van der Waals surface area contributed by atoms with Crippen LogP contribution < -0.4 is 10.6 Å². The van der Waals surface area contributed by atoms with Crippen molar-refractivity contribution in [1.29, 1.82) is 0 Å². The maximum atomic E-state index is 12.5. The van der Waals surface area contributed by atoms with Crippen molar-refractivity contribution in [1.82, 2.24) is 10.3 Å². The van der Waals surface area contributed by atoms with E-state index in [1.165, 1.54) is 11.3 Å². The summed E-state index contributed by atoms with van der Waals surface area (Å²) in [5, 5.41) is 6.89. The fourth-order valence-electron chi connectivity index (χ4n) is 3.05. The summed E-state index contributed by atoms with van der Waals surface area (Å²) in [6.45, 7) is 1.20. The van der Waals surface area contributed by atoms with Gasteiger partial charge >= 0.3 is 0 Å². The van der Waals surface area contributed by atoms with Crippen molar-refractivity contribution in [3.05, 3.63) is 45.4 Å². The second-order valence-electron chi connectivity index (χ2n) is 6.37. The van der Waals surface area contributed by atoms with Gasteiger partial charge in [-0.15, -0.1) is 11.3 Å². The average Bonchev–Trinajstić information content (AvgIpc) is 3.07. The summed E-state index contributed by atoms with van der Waals surface area (Å²) < 4.78 is 5.00. The van der Waals surface area contributed by atoms with Crippen LogP contribution in [0.3, 0.4) is 0 Å². The first-order chi connectivity index (χ1) is 13.1. The highest BCUT2D eigenvalue weighted by Crippen LogP contribution is 2.37. The van der Waals surface area contributed by atoms with Gasteiger partial charge in [-0.2, -0.15) is 0 Å². The highest BCUT2D eigenvalue weighted by molar-refractivity contribution is 7.16. The minimum Gasteiger partial charge on any atom is -0.385 e. The molecule has 0 saturated carbocycles. The van der Waals surface area contributed by atoms with Gasteiger partial charge in [-0.1, -0.05) is 11.6 Å². The van der Waals surface area contributed by atoms with Crippen molar-refractivity contribution < 1.29 is 14.3 Å². The Morgan fingerprint density at radius 3 is 2.85 bits per heavy atom. The molecule has 1 aromatic carbocycles. The molecule has 0 bridgehead atoms. The topological polar surface area (TPSA) is 80.3 Å². The predicted molar refractivity (Wildman–Crippen MR) is 107 cm³/mol. The van der Waals surface area contributed by atoms with E-state index in [0.29, 0.717) is 28.9 Å². The molecule has 2 amide bonds. The van der Waals surface area contributed by atoms with Crippen LogP contribution in [0, 0.1) is 0 Å². The van der Waals surface area contributed by atoms with Gasteiger partial charge in [-0.25, -0.2) is 4.98 Å². The summed E-state index contributed by atoms with van der Waals surface area (Å²) >= 11 is 7.30. The van der Waals surface area contributed by atoms with E-state index < -0.39 is 0 Å². The standard InChI is InChI=1S/C19H22ClN3O3S/c1-26-11-3-10-21-18(25)14-4-2-5-15-16(14)22-19(27-15)23-17(24)12-6-8-13(20)9-7-12/h6-9,14H,2-5,10-11H2,1H3,(H,21,25)(H,22,23,24). The first-order valence-electron chi connectivity index (χ1n) is 8.91. The predicted octanol–water partition coefficient (Wildman–Crippen LogP) is 3.62. The van der Waals surface area contributed by atoms with Crippen molar-refractivity contribution in [2.24, 2.45) is 0 Å². The van der Waals surface area contributed by atoms with Crippen LogP contribution in [0.2, 0.25) is 5.02 Å². The van der Waals surface area contributed by atoms with E-state index >= 15 is 0 Å². The summed E-state index contributed by atoms with van der Waals surface area (Å²) in [6.07, 6.45) is 3.38. The van der Waals surface area contributed by atoms with Gasteiger partial charge in [0.2, 0.25) is 5.91 Å². The molecule has 2 aromatic rings.